The van der Waals surface area contributed by atoms with Gasteiger partial charge in [-0.1, -0.05) is 43.7 Å². The first kappa shape index (κ1) is 26.9. The Morgan fingerprint density at radius 2 is 1.84 bits per heavy atom. The van der Waals surface area contributed by atoms with E-state index < -0.39 is 11.6 Å². The summed E-state index contributed by atoms with van der Waals surface area (Å²) in [7, 11) is 1.33. The standard InChI is InChI=1S/C32H34O6/c1-5-6-18-36-24-13-14-25(29(20-24)37-21-22-10-8-7-9-11-22)27(31(34)35-4)19-23-12-15-28-26(30(23)33)16-17-32(2,3)38-28/h7-17,19-20,33H,5-6,18,21H2,1-4H3/b27-19-. The fourth-order valence-corrected chi connectivity index (χ4v) is 4.09. The minimum absolute atomic E-state index is 0.0157. The van der Waals surface area contributed by atoms with Crippen LogP contribution in [0.15, 0.2) is 66.7 Å². The minimum Gasteiger partial charge on any atom is -0.507 e. The third-order valence-corrected chi connectivity index (χ3v) is 6.18. The van der Waals surface area contributed by atoms with E-state index in [9.17, 15) is 9.90 Å². The molecule has 0 radical (unpaired) electrons. The molecule has 0 saturated heterocycles. The summed E-state index contributed by atoms with van der Waals surface area (Å²) < 4.78 is 23.2. The normalized spacial score (nSPS) is 13.8. The van der Waals surface area contributed by atoms with Gasteiger partial charge in [-0.25, -0.2) is 4.79 Å². The molecule has 0 fully saturated rings. The zero-order valence-corrected chi connectivity index (χ0v) is 22.3. The molecule has 0 bridgehead atoms. The molecule has 4 rings (SSSR count). The Hall–Kier alpha value is -4.19. The number of methoxy groups -OCH3 is 1. The van der Waals surface area contributed by atoms with Crippen LogP contribution in [0.3, 0.4) is 0 Å². The summed E-state index contributed by atoms with van der Waals surface area (Å²) in [5.74, 6) is 1.16. The second-order valence-corrected chi connectivity index (χ2v) is 9.64. The van der Waals surface area contributed by atoms with Gasteiger partial charge in [-0.05, 0) is 68.3 Å². The molecule has 0 aromatic heterocycles. The molecule has 6 nitrogen and oxygen atoms in total. The van der Waals surface area contributed by atoms with Gasteiger partial charge in [0.15, 0.2) is 0 Å². The van der Waals surface area contributed by atoms with Crippen molar-refractivity contribution in [1.82, 2.24) is 0 Å². The zero-order valence-electron chi connectivity index (χ0n) is 22.3. The van der Waals surface area contributed by atoms with Crippen LogP contribution in [0.2, 0.25) is 0 Å². The number of aromatic hydroxyl groups is 1. The molecule has 0 unspecified atom stereocenters. The van der Waals surface area contributed by atoms with Crippen LogP contribution in [0.5, 0.6) is 23.0 Å². The van der Waals surface area contributed by atoms with Crippen LogP contribution in [-0.4, -0.2) is 30.4 Å². The number of phenolic OH excluding ortho intramolecular Hbond substituents is 1. The van der Waals surface area contributed by atoms with Gasteiger partial charge in [0.25, 0.3) is 0 Å². The first-order valence-electron chi connectivity index (χ1n) is 12.8. The van der Waals surface area contributed by atoms with Gasteiger partial charge in [0, 0.05) is 17.2 Å². The molecule has 38 heavy (non-hydrogen) atoms. The lowest BCUT2D eigenvalue weighted by Gasteiger charge is -2.28. The van der Waals surface area contributed by atoms with E-state index in [1.165, 1.54) is 7.11 Å². The Bertz CT molecular complexity index is 1340. The number of phenols is 1. The maximum atomic E-state index is 13.0. The van der Waals surface area contributed by atoms with Crippen LogP contribution in [0.25, 0.3) is 17.7 Å². The van der Waals surface area contributed by atoms with Crippen molar-refractivity contribution in [2.75, 3.05) is 13.7 Å². The molecule has 0 saturated carbocycles. The molecule has 0 spiro atoms. The van der Waals surface area contributed by atoms with Gasteiger partial charge in [0.2, 0.25) is 0 Å². The molecule has 3 aromatic rings. The Balaban J connectivity index is 1.75. The number of fused-ring (bicyclic) bond motifs is 1. The second kappa shape index (κ2) is 11.9. The number of carbonyl (C=O) groups is 1. The summed E-state index contributed by atoms with van der Waals surface area (Å²) in [5, 5.41) is 11.1. The molecule has 0 atom stereocenters. The highest BCUT2D eigenvalue weighted by Gasteiger charge is 2.25. The molecule has 1 heterocycles. The molecule has 198 valence electrons. The quantitative estimate of drug-likeness (QED) is 0.135. The Morgan fingerprint density at radius 1 is 1.05 bits per heavy atom. The van der Waals surface area contributed by atoms with Crippen molar-refractivity contribution >= 4 is 23.7 Å². The van der Waals surface area contributed by atoms with Crippen LogP contribution in [0, 0.1) is 0 Å². The molecule has 1 aliphatic heterocycles. The van der Waals surface area contributed by atoms with Gasteiger partial charge in [-0.15, -0.1) is 0 Å². The average Bonchev–Trinajstić information content (AvgIpc) is 2.92. The molecule has 0 amide bonds. The van der Waals surface area contributed by atoms with Crippen molar-refractivity contribution < 1.29 is 28.8 Å². The number of rotatable bonds is 10. The van der Waals surface area contributed by atoms with Crippen molar-refractivity contribution in [1.29, 1.82) is 0 Å². The monoisotopic (exact) mass is 514 g/mol. The fourth-order valence-electron chi connectivity index (χ4n) is 4.09. The second-order valence-electron chi connectivity index (χ2n) is 9.64. The summed E-state index contributed by atoms with van der Waals surface area (Å²) in [4.78, 5) is 13.0. The van der Waals surface area contributed by atoms with Crippen molar-refractivity contribution in [2.45, 2.75) is 45.8 Å². The molecule has 1 N–H and O–H groups in total. The summed E-state index contributed by atoms with van der Waals surface area (Å²) in [6.45, 7) is 6.89. The third-order valence-electron chi connectivity index (χ3n) is 6.18. The van der Waals surface area contributed by atoms with Gasteiger partial charge >= 0.3 is 5.97 Å². The van der Waals surface area contributed by atoms with Crippen molar-refractivity contribution in [3.05, 3.63) is 89.0 Å². The van der Waals surface area contributed by atoms with Crippen molar-refractivity contribution in [3.8, 4) is 23.0 Å². The van der Waals surface area contributed by atoms with Crippen molar-refractivity contribution in [3.63, 3.8) is 0 Å². The largest absolute Gasteiger partial charge is 0.507 e. The summed E-state index contributed by atoms with van der Waals surface area (Å²) in [6.07, 6.45) is 7.28. The predicted molar refractivity (Wildman–Crippen MR) is 149 cm³/mol. The maximum absolute atomic E-state index is 13.0. The summed E-state index contributed by atoms with van der Waals surface area (Å²) in [6, 6.07) is 18.7. The topological polar surface area (TPSA) is 74.2 Å². The summed E-state index contributed by atoms with van der Waals surface area (Å²) in [5.41, 5.74) is 2.30. The number of unbranched alkanes of at least 4 members (excludes halogenated alkanes) is 1. The number of esters is 1. The van der Waals surface area contributed by atoms with Gasteiger partial charge < -0.3 is 24.1 Å². The average molecular weight is 515 g/mol. The number of benzene rings is 3. The minimum atomic E-state index is -0.556. The molecule has 0 aliphatic carbocycles. The number of hydrogen-bond acceptors (Lipinski definition) is 6. The van der Waals surface area contributed by atoms with Gasteiger partial charge in [0.05, 0.1) is 24.9 Å². The zero-order chi connectivity index (χ0) is 27.1. The first-order chi connectivity index (χ1) is 18.3. The summed E-state index contributed by atoms with van der Waals surface area (Å²) >= 11 is 0. The van der Waals surface area contributed by atoms with E-state index in [0.29, 0.717) is 47.2 Å². The Kier molecular flexibility index (Phi) is 8.41. The highest BCUT2D eigenvalue weighted by atomic mass is 16.5. The van der Waals surface area contributed by atoms with Gasteiger partial charge in [-0.2, -0.15) is 0 Å². The molecule has 1 aliphatic rings. The number of ether oxygens (including phenoxy) is 4. The molecular formula is C32H34O6. The first-order valence-corrected chi connectivity index (χ1v) is 12.8. The van der Waals surface area contributed by atoms with E-state index in [0.717, 1.165) is 18.4 Å². The highest BCUT2D eigenvalue weighted by Crippen LogP contribution is 2.40. The number of hydrogen-bond donors (Lipinski definition) is 1. The Labute approximate surface area is 224 Å². The molecular weight excluding hydrogens is 480 g/mol. The molecule has 3 aromatic carbocycles. The van der Waals surface area contributed by atoms with E-state index in [4.69, 9.17) is 18.9 Å². The van der Waals surface area contributed by atoms with Crippen LogP contribution in [0.1, 0.15) is 55.9 Å². The van der Waals surface area contributed by atoms with Gasteiger partial charge in [-0.3, -0.25) is 0 Å². The van der Waals surface area contributed by atoms with Crippen LogP contribution in [0.4, 0.5) is 0 Å². The number of carbonyl (C=O) groups excluding carboxylic acids is 1. The van der Waals surface area contributed by atoms with E-state index in [2.05, 4.69) is 6.92 Å². The maximum Gasteiger partial charge on any atom is 0.338 e. The van der Waals surface area contributed by atoms with Crippen LogP contribution >= 0.6 is 0 Å². The molecule has 6 heteroatoms. The van der Waals surface area contributed by atoms with E-state index in [1.807, 2.05) is 62.4 Å². The smallest absolute Gasteiger partial charge is 0.338 e. The lowest BCUT2D eigenvalue weighted by Crippen LogP contribution is -2.27. The lowest BCUT2D eigenvalue weighted by molar-refractivity contribution is -0.133. The van der Waals surface area contributed by atoms with E-state index in [1.54, 1.807) is 30.3 Å². The van der Waals surface area contributed by atoms with E-state index in [-0.39, 0.29) is 11.3 Å². The SMILES string of the molecule is CCCCOc1ccc(/C(=C/c2ccc3c(c2O)C=CC(C)(C)O3)C(=O)OC)c(OCc2ccccc2)c1. The van der Waals surface area contributed by atoms with E-state index >= 15 is 0 Å². The van der Waals surface area contributed by atoms with Crippen molar-refractivity contribution in [2.24, 2.45) is 0 Å². The fraction of sp³-hybridized carbons (Fsp3) is 0.281. The van der Waals surface area contributed by atoms with Crippen LogP contribution < -0.4 is 14.2 Å². The lowest BCUT2D eigenvalue weighted by atomic mass is 9.97. The van der Waals surface area contributed by atoms with Gasteiger partial charge in [0.1, 0.15) is 35.2 Å². The predicted octanol–water partition coefficient (Wildman–Crippen LogP) is 7.05. The van der Waals surface area contributed by atoms with Crippen LogP contribution in [-0.2, 0) is 16.1 Å². The Morgan fingerprint density at radius 3 is 2.58 bits per heavy atom. The highest BCUT2D eigenvalue weighted by molar-refractivity contribution is 6.22. The third kappa shape index (κ3) is 6.38.